The Kier molecular flexibility index (Phi) is 11.6. The number of rotatable bonds is 15. The number of ether oxygens (including phenoxy) is 4. The highest BCUT2D eigenvalue weighted by molar-refractivity contribution is 7.92. The molecular weight excluding hydrogens is 574 g/mol. The van der Waals surface area contributed by atoms with Gasteiger partial charge in [-0.25, -0.2) is 8.42 Å². The minimum atomic E-state index is -4.42. The maximum atomic E-state index is 14.3. The van der Waals surface area contributed by atoms with Crippen molar-refractivity contribution in [1.29, 1.82) is 0 Å². The number of carbonyl (C=O) groups excluding carboxylic acids is 2. The Morgan fingerprint density at radius 3 is 2.09 bits per heavy atom. The van der Waals surface area contributed by atoms with Crippen LogP contribution in [0.5, 0.6) is 23.0 Å². The van der Waals surface area contributed by atoms with Crippen molar-refractivity contribution in [2.24, 2.45) is 0 Å². The molecule has 11 nitrogen and oxygen atoms in total. The van der Waals surface area contributed by atoms with Crippen LogP contribution in [0.2, 0.25) is 0 Å². The molecule has 0 radical (unpaired) electrons. The molecular formula is C31H39N3O8S. The topological polar surface area (TPSA) is 124 Å². The van der Waals surface area contributed by atoms with Gasteiger partial charge in [-0.1, -0.05) is 37.3 Å². The predicted molar refractivity (Wildman–Crippen MR) is 163 cm³/mol. The average molecular weight is 614 g/mol. The molecule has 0 unspecified atom stereocenters. The van der Waals surface area contributed by atoms with Crippen LogP contribution in [-0.2, 0) is 26.2 Å². The van der Waals surface area contributed by atoms with Crippen molar-refractivity contribution in [1.82, 2.24) is 10.2 Å². The van der Waals surface area contributed by atoms with Crippen LogP contribution in [0, 0.1) is 0 Å². The Morgan fingerprint density at radius 1 is 0.837 bits per heavy atom. The average Bonchev–Trinajstić information content (AvgIpc) is 3.04. The van der Waals surface area contributed by atoms with E-state index in [4.69, 9.17) is 18.9 Å². The van der Waals surface area contributed by atoms with E-state index in [1.54, 1.807) is 19.1 Å². The van der Waals surface area contributed by atoms with Gasteiger partial charge >= 0.3 is 0 Å². The number of benzene rings is 3. The van der Waals surface area contributed by atoms with Crippen LogP contribution in [0.1, 0.15) is 25.8 Å². The largest absolute Gasteiger partial charge is 0.497 e. The van der Waals surface area contributed by atoms with Crippen LogP contribution in [0.25, 0.3) is 0 Å². The zero-order chi connectivity index (χ0) is 31.6. The Hall–Kier alpha value is -4.45. The Morgan fingerprint density at radius 2 is 1.49 bits per heavy atom. The highest BCUT2D eigenvalue weighted by Gasteiger charge is 2.34. The fourth-order valence-corrected chi connectivity index (χ4v) is 5.80. The first-order valence-electron chi connectivity index (χ1n) is 13.7. The lowest BCUT2D eigenvalue weighted by Crippen LogP contribution is -2.51. The summed E-state index contributed by atoms with van der Waals surface area (Å²) in [7, 11) is 1.27. The van der Waals surface area contributed by atoms with E-state index in [1.807, 2.05) is 37.3 Å². The maximum Gasteiger partial charge on any atom is 0.265 e. The van der Waals surface area contributed by atoms with Crippen LogP contribution >= 0.6 is 0 Å². The first kappa shape index (κ1) is 33.1. The van der Waals surface area contributed by atoms with E-state index in [9.17, 15) is 18.0 Å². The van der Waals surface area contributed by atoms with Crippen molar-refractivity contribution in [2.45, 2.75) is 37.8 Å². The molecule has 3 aromatic rings. The fraction of sp³-hybridized carbons (Fsp3) is 0.355. The van der Waals surface area contributed by atoms with Gasteiger partial charge in [0, 0.05) is 25.2 Å². The lowest BCUT2D eigenvalue weighted by Gasteiger charge is -2.32. The van der Waals surface area contributed by atoms with E-state index in [-0.39, 0.29) is 34.5 Å². The Labute approximate surface area is 253 Å². The molecule has 0 aliphatic rings. The van der Waals surface area contributed by atoms with Gasteiger partial charge in [-0.3, -0.25) is 13.9 Å². The number of sulfonamides is 1. The minimum Gasteiger partial charge on any atom is -0.497 e. The Balaban J connectivity index is 2.15. The van der Waals surface area contributed by atoms with Crippen LogP contribution < -0.4 is 28.6 Å². The van der Waals surface area contributed by atoms with Gasteiger partial charge in [-0.2, -0.15) is 0 Å². The number of amides is 2. The van der Waals surface area contributed by atoms with Gasteiger partial charge in [-0.15, -0.1) is 0 Å². The molecule has 0 saturated carbocycles. The highest BCUT2D eigenvalue weighted by Crippen LogP contribution is 2.37. The number of anilines is 1. The van der Waals surface area contributed by atoms with E-state index in [1.165, 1.54) is 57.6 Å². The monoisotopic (exact) mass is 613 g/mol. The summed E-state index contributed by atoms with van der Waals surface area (Å²) in [5.74, 6) is 0.130. The van der Waals surface area contributed by atoms with Gasteiger partial charge in [0.05, 0.1) is 39.0 Å². The van der Waals surface area contributed by atoms with Crippen molar-refractivity contribution in [3.63, 3.8) is 0 Å². The molecule has 0 bridgehead atoms. The summed E-state index contributed by atoms with van der Waals surface area (Å²) in [6.45, 7) is 3.43. The molecule has 0 aliphatic heterocycles. The van der Waals surface area contributed by atoms with Crippen LogP contribution in [0.4, 0.5) is 5.69 Å². The second-order valence-corrected chi connectivity index (χ2v) is 11.4. The zero-order valence-corrected chi connectivity index (χ0v) is 26.1. The quantitative estimate of drug-likeness (QED) is 0.274. The summed E-state index contributed by atoms with van der Waals surface area (Å²) in [6.07, 6.45) is 0.720. The number of hydrogen-bond donors (Lipinski definition) is 1. The molecule has 232 valence electrons. The van der Waals surface area contributed by atoms with Crippen molar-refractivity contribution >= 4 is 27.5 Å². The molecule has 3 aromatic carbocycles. The van der Waals surface area contributed by atoms with E-state index in [0.717, 1.165) is 16.3 Å². The Bertz CT molecular complexity index is 1500. The first-order chi connectivity index (χ1) is 20.6. The van der Waals surface area contributed by atoms with Crippen LogP contribution in [0.3, 0.4) is 0 Å². The molecule has 1 atom stereocenters. The smallest absolute Gasteiger partial charge is 0.265 e. The van der Waals surface area contributed by atoms with Crippen molar-refractivity contribution in [3.05, 3.63) is 72.3 Å². The molecule has 3 rings (SSSR count). The fourth-order valence-electron chi connectivity index (χ4n) is 4.37. The zero-order valence-electron chi connectivity index (χ0n) is 25.3. The van der Waals surface area contributed by atoms with E-state index in [2.05, 4.69) is 5.32 Å². The molecule has 0 heterocycles. The van der Waals surface area contributed by atoms with Gasteiger partial charge in [0.2, 0.25) is 11.8 Å². The highest BCUT2D eigenvalue weighted by atomic mass is 32.2. The molecule has 43 heavy (non-hydrogen) atoms. The number of hydrogen-bond acceptors (Lipinski definition) is 8. The van der Waals surface area contributed by atoms with Gasteiger partial charge in [0.25, 0.3) is 10.0 Å². The van der Waals surface area contributed by atoms with E-state index in [0.29, 0.717) is 18.0 Å². The third-order valence-corrected chi connectivity index (χ3v) is 8.54. The first-order valence-corrected chi connectivity index (χ1v) is 15.1. The van der Waals surface area contributed by atoms with Crippen LogP contribution in [0.15, 0.2) is 71.6 Å². The predicted octanol–water partition coefficient (Wildman–Crippen LogP) is 3.86. The van der Waals surface area contributed by atoms with Crippen molar-refractivity contribution < 1.29 is 37.0 Å². The van der Waals surface area contributed by atoms with Gasteiger partial charge in [-0.05, 0) is 43.2 Å². The lowest BCUT2D eigenvalue weighted by atomic mass is 10.1. The number of nitrogens with one attached hydrogen (secondary N) is 1. The molecule has 2 amide bonds. The van der Waals surface area contributed by atoms with E-state index >= 15 is 0 Å². The van der Waals surface area contributed by atoms with Gasteiger partial charge < -0.3 is 29.2 Å². The molecule has 0 aliphatic carbocycles. The SMILES string of the molecule is CCCNC(=O)[C@H](C)N(Cc1ccccc1)C(=O)CN(c1cc(OC)ccc1OC)S(=O)(=O)c1ccc(OC)c(OC)c1. The third-order valence-electron chi connectivity index (χ3n) is 6.79. The minimum absolute atomic E-state index is 0.0766. The summed E-state index contributed by atoms with van der Waals surface area (Å²) in [6, 6.07) is 17.1. The standard InChI is InChI=1S/C31H39N3O8S/c1-7-17-32-31(36)22(2)33(20-23-11-9-8-10-12-23)30(35)21-34(26-18-24(39-3)13-15-27(26)40-4)43(37,38)25-14-16-28(41-5)29(19-25)42-6/h8-16,18-19,22H,7,17,20-21H2,1-6H3,(H,32,36)/t22-/m0/s1. The van der Waals surface area contributed by atoms with Gasteiger partial charge in [0.1, 0.15) is 24.1 Å². The molecule has 0 saturated heterocycles. The molecule has 0 fully saturated rings. The van der Waals surface area contributed by atoms with Crippen LogP contribution in [-0.4, -0.2) is 72.7 Å². The van der Waals surface area contributed by atoms with Crippen molar-refractivity contribution in [3.8, 4) is 23.0 Å². The van der Waals surface area contributed by atoms with Gasteiger partial charge in [0.15, 0.2) is 11.5 Å². The molecule has 1 N–H and O–H groups in total. The molecule has 0 spiro atoms. The number of nitrogens with zero attached hydrogens (tertiary/aromatic N) is 2. The molecule has 0 aromatic heterocycles. The summed E-state index contributed by atoms with van der Waals surface area (Å²) in [4.78, 5) is 28.4. The van der Waals surface area contributed by atoms with Crippen molar-refractivity contribution in [2.75, 3.05) is 45.8 Å². The normalized spacial score (nSPS) is 11.7. The summed E-state index contributed by atoms with van der Waals surface area (Å²) in [5, 5.41) is 2.82. The number of methoxy groups -OCH3 is 4. The second-order valence-electron chi connectivity index (χ2n) is 9.54. The number of carbonyl (C=O) groups is 2. The second kappa shape index (κ2) is 15.1. The lowest BCUT2D eigenvalue weighted by molar-refractivity contribution is -0.139. The maximum absolute atomic E-state index is 14.3. The van der Waals surface area contributed by atoms with E-state index < -0.39 is 28.5 Å². The molecule has 12 heteroatoms. The summed E-state index contributed by atoms with van der Waals surface area (Å²) < 4.78 is 51.1. The third kappa shape index (κ3) is 7.89. The summed E-state index contributed by atoms with van der Waals surface area (Å²) >= 11 is 0. The summed E-state index contributed by atoms with van der Waals surface area (Å²) in [5.41, 5.74) is 0.854.